The molecule has 1 saturated heterocycles. The predicted octanol–water partition coefficient (Wildman–Crippen LogP) is 3.86. The predicted molar refractivity (Wildman–Crippen MR) is 92.9 cm³/mol. The Bertz CT molecular complexity index is 717. The molecule has 0 unspecified atom stereocenters. The summed E-state index contributed by atoms with van der Waals surface area (Å²) in [6.07, 6.45) is 0.445. The van der Waals surface area contributed by atoms with E-state index < -0.39 is 18.0 Å². The van der Waals surface area contributed by atoms with Gasteiger partial charge in [-0.2, -0.15) is 0 Å². The number of ether oxygens (including phenoxy) is 1. The lowest BCUT2D eigenvalue weighted by Crippen LogP contribution is -2.42. The van der Waals surface area contributed by atoms with Crippen LogP contribution < -0.4 is 0 Å². The van der Waals surface area contributed by atoms with E-state index in [9.17, 15) is 14.7 Å². The lowest BCUT2D eigenvalue weighted by atomic mass is 9.87. The number of rotatable bonds is 4. The van der Waals surface area contributed by atoms with Gasteiger partial charge >= 0.3 is 12.1 Å². The van der Waals surface area contributed by atoms with Crippen LogP contribution in [0.5, 0.6) is 0 Å². The zero-order chi connectivity index (χ0) is 17.6. The summed E-state index contributed by atoms with van der Waals surface area (Å²) in [6.45, 7) is 0.587. The van der Waals surface area contributed by atoms with Crippen LogP contribution in [-0.4, -0.2) is 28.6 Å². The number of likely N-dealkylation sites (tertiary alicyclic amines) is 1. The Labute approximate surface area is 146 Å². The van der Waals surface area contributed by atoms with Crippen LogP contribution in [0.4, 0.5) is 4.79 Å². The van der Waals surface area contributed by atoms with Gasteiger partial charge in [0.1, 0.15) is 6.61 Å². The van der Waals surface area contributed by atoms with Gasteiger partial charge in [-0.3, -0.25) is 4.79 Å². The lowest BCUT2D eigenvalue weighted by Gasteiger charge is -2.37. The Hall–Kier alpha value is -2.82. The van der Waals surface area contributed by atoms with E-state index in [-0.39, 0.29) is 12.6 Å². The van der Waals surface area contributed by atoms with Gasteiger partial charge in [0.25, 0.3) is 0 Å². The number of piperidine rings is 1. The maximum atomic E-state index is 12.6. The first-order chi connectivity index (χ1) is 12.1. The molecule has 5 heteroatoms. The number of aliphatic carboxylic acids is 1. The SMILES string of the molecule is O=C(O)[C@H]1CCN(C(=O)OCc2ccccc2)[C@H](c2ccccc2)C1. The molecule has 0 saturated carbocycles. The van der Waals surface area contributed by atoms with Crippen molar-refractivity contribution in [3.8, 4) is 0 Å². The van der Waals surface area contributed by atoms with Crippen molar-refractivity contribution in [2.75, 3.05) is 6.54 Å². The highest BCUT2D eigenvalue weighted by Gasteiger charge is 2.36. The van der Waals surface area contributed by atoms with Crippen molar-refractivity contribution in [3.63, 3.8) is 0 Å². The van der Waals surface area contributed by atoms with E-state index in [1.165, 1.54) is 0 Å². The van der Waals surface area contributed by atoms with Crippen molar-refractivity contribution in [3.05, 3.63) is 71.8 Å². The summed E-state index contributed by atoms with van der Waals surface area (Å²) in [5.74, 6) is -1.25. The maximum absolute atomic E-state index is 12.6. The van der Waals surface area contributed by atoms with E-state index >= 15 is 0 Å². The van der Waals surface area contributed by atoms with Crippen LogP contribution in [0, 0.1) is 5.92 Å². The van der Waals surface area contributed by atoms with Crippen LogP contribution in [0.2, 0.25) is 0 Å². The molecule has 0 spiro atoms. The van der Waals surface area contributed by atoms with Gasteiger partial charge in [-0.1, -0.05) is 60.7 Å². The Balaban J connectivity index is 1.73. The molecule has 0 radical (unpaired) electrons. The number of carbonyl (C=O) groups is 2. The van der Waals surface area contributed by atoms with Crippen LogP contribution >= 0.6 is 0 Å². The van der Waals surface area contributed by atoms with Gasteiger partial charge in [0.05, 0.1) is 12.0 Å². The third-order valence-corrected chi connectivity index (χ3v) is 4.58. The van der Waals surface area contributed by atoms with Gasteiger partial charge in [-0.05, 0) is 24.0 Å². The monoisotopic (exact) mass is 339 g/mol. The molecule has 2 aromatic carbocycles. The number of carboxylic acids is 1. The van der Waals surface area contributed by atoms with Crippen molar-refractivity contribution >= 4 is 12.1 Å². The molecule has 1 fully saturated rings. The van der Waals surface area contributed by atoms with Gasteiger partial charge in [0.15, 0.2) is 0 Å². The summed E-state index contributed by atoms with van der Waals surface area (Å²) in [4.78, 5) is 25.6. The summed E-state index contributed by atoms with van der Waals surface area (Å²) in [7, 11) is 0. The van der Waals surface area contributed by atoms with E-state index in [0.717, 1.165) is 11.1 Å². The average molecular weight is 339 g/mol. The van der Waals surface area contributed by atoms with Gasteiger partial charge in [0, 0.05) is 6.54 Å². The van der Waals surface area contributed by atoms with Crippen molar-refractivity contribution in [2.24, 2.45) is 5.92 Å². The second-order valence-electron chi connectivity index (χ2n) is 6.22. The topological polar surface area (TPSA) is 66.8 Å². The molecule has 1 aliphatic heterocycles. The number of hydrogen-bond acceptors (Lipinski definition) is 3. The van der Waals surface area contributed by atoms with Gasteiger partial charge in [-0.15, -0.1) is 0 Å². The molecule has 0 aromatic heterocycles. The van der Waals surface area contributed by atoms with Gasteiger partial charge in [0.2, 0.25) is 0 Å². The molecular formula is C20H21NO4. The van der Waals surface area contributed by atoms with E-state index in [1.54, 1.807) is 4.90 Å². The largest absolute Gasteiger partial charge is 0.481 e. The molecule has 0 bridgehead atoms. The molecule has 1 heterocycles. The molecule has 0 aliphatic carbocycles. The first kappa shape index (κ1) is 17.0. The smallest absolute Gasteiger partial charge is 0.410 e. The maximum Gasteiger partial charge on any atom is 0.410 e. The normalized spacial score (nSPS) is 20.1. The highest BCUT2D eigenvalue weighted by Crippen LogP contribution is 2.34. The third kappa shape index (κ3) is 4.18. The Morgan fingerprint density at radius 3 is 2.32 bits per heavy atom. The zero-order valence-electron chi connectivity index (χ0n) is 13.9. The number of benzene rings is 2. The summed E-state index contributed by atoms with van der Waals surface area (Å²) in [5.41, 5.74) is 1.86. The van der Waals surface area contributed by atoms with Gasteiger partial charge in [-0.25, -0.2) is 4.79 Å². The number of carboxylic acid groups (broad SMARTS) is 1. The second kappa shape index (κ2) is 7.83. The molecule has 1 aliphatic rings. The van der Waals surface area contributed by atoms with Crippen LogP contribution in [0.15, 0.2) is 60.7 Å². The Kier molecular flexibility index (Phi) is 5.33. The van der Waals surface area contributed by atoms with Crippen LogP contribution in [0.1, 0.15) is 30.0 Å². The zero-order valence-corrected chi connectivity index (χ0v) is 13.9. The van der Waals surface area contributed by atoms with Crippen molar-refractivity contribution in [1.82, 2.24) is 4.90 Å². The standard InChI is InChI=1S/C20H21NO4/c22-19(23)17-11-12-21(18(13-17)16-9-5-2-6-10-16)20(24)25-14-15-7-3-1-4-8-15/h1-10,17-18H,11-14H2,(H,22,23)/t17-,18-/m0/s1. The molecular weight excluding hydrogens is 318 g/mol. The van der Waals surface area contributed by atoms with Crippen LogP contribution in [0.3, 0.4) is 0 Å². The first-order valence-corrected chi connectivity index (χ1v) is 8.40. The van der Waals surface area contributed by atoms with E-state index in [2.05, 4.69) is 0 Å². The van der Waals surface area contributed by atoms with Gasteiger partial charge < -0.3 is 14.7 Å². The minimum absolute atomic E-state index is 0.208. The molecule has 5 nitrogen and oxygen atoms in total. The summed E-state index contributed by atoms with van der Waals surface area (Å²) < 4.78 is 5.45. The van der Waals surface area contributed by atoms with Crippen LogP contribution in [0.25, 0.3) is 0 Å². The second-order valence-corrected chi connectivity index (χ2v) is 6.22. The van der Waals surface area contributed by atoms with Crippen molar-refractivity contribution in [1.29, 1.82) is 0 Å². The minimum Gasteiger partial charge on any atom is -0.481 e. The summed E-state index contributed by atoms with van der Waals surface area (Å²) >= 11 is 0. The third-order valence-electron chi connectivity index (χ3n) is 4.58. The van der Waals surface area contributed by atoms with Crippen LogP contribution in [-0.2, 0) is 16.1 Å². The Morgan fingerprint density at radius 1 is 1.04 bits per heavy atom. The van der Waals surface area contributed by atoms with Crippen molar-refractivity contribution in [2.45, 2.75) is 25.5 Å². The fourth-order valence-electron chi connectivity index (χ4n) is 3.20. The van der Waals surface area contributed by atoms with E-state index in [4.69, 9.17) is 4.74 Å². The minimum atomic E-state index is -0.807. The van der Waals surface area contributed by atoms with E-state index in [0.29, 0.717) is 19.4 Å². The van der Waals surface area contributed by atoms with Crippen molar-refractivity contribution < 1.29 is 19.4 Å². The summed E-state index contributed by atoms with van der Waals surface area (Å²) in [6, 6.07) is 18.8. The molecule has 130 valence electrons. The number of hydrogen-bond donors (Lipinski definition) is 1. The fraction of sp³-hybridized carbons (Fsp3) is 0.300. The molecule has 2 atom stereocenters. The molecule has 1 amide bonds. The number of carbonyl (C=O) groups excluding carboxylic acids is 1. The number of nitrogens with zero attached hydrogens (tertiary/aromatic N) is 1. The molecule has 2 aromatic rings. The first-order valence-electron chi connectivity index (χ1n) is 8.40. The fourth-order valence-corrected chi connectivity index (χ4v) is 3.20. The molecule has 1 N–H and O–H groups in total. The highest BCUT2D eigenvalue weighted by molar-refractivity contribution is 5.72. The van der Waals surface area contributed by atoms with E-state index in [1.807, 2.05) is 60.7 Å². The molecule has 3 rings (SSSR count). The quantitative estimate of drug-likeness (QED) is 0.918. The average Bonchev–Trinajstić information content (AvgIpc) is 2.67. The number of amides is 1. The summed E-state index contributed by atoms with van der Waals surface area (Å²) in [5, 5.41) is 9.35. The highest BCUT2D eigenvalue weighted by atomic mass is 16.6. The Morgan fingerprint density at radius 2 is 1.68 bits per heavy atom. The lowest BCUT2D eigenvalue weighted by molar-refractivity contribution is -0.144. The molecule has 25 heavy (non-hydrogen) atoms.